The number of hydrogen-bond donors (Lipinski definition) is 0. The van der Waals surface area contributed by atoms with Crippen LogP contribution >= 0.6 is 0 Å². The van der Waals surface area contributed by atoms with Crippen LogP contribution in [0.4, 0.5) is 17.6 Å². The largest absolute Gasteiger partial charge is 0.523 e. The number of rotatable bonds is 3. The van der Waals surface area contributed by atoms with Gasteiger partial charge in [0.2, 0.25) is 0 Å². The van der Waals surface area contributed by atoms with Crippen molar-refractivity contribution in [3.8, 4) is 0 Å². The van der Waals surface area contributed by atoms with E-state index < -0.39 is 28.1 Å². The number of halogens is 4. The maximum absolute atomic E-state index is 13.0. The Balaban J connectivity index is 2.78. The molecule has 0 aromatic heterocycles. The van der Waals surface area contributed by atoms with Gasteiger partial charge in [0.25, 0.3) is 0 Å². The summed E-state index contributed by atoms with van der Waals surface area (Å²) in [6.07, 6.45) is 0. The minimum absolute atomic E-state index is 0.000856. The molecule has 8 heteroatoms. The molecule has 0 fully saturated rings. The molecule has 0 aliphatic heterocycles. The van der Waals surface area contributed by atoms with Crippen LogP contribution in [0.2, 0.25) is 0 Å². The number of alkyl halides is 3. The average molecular weight is 272 g/mol. The third-order valence-electron chi connectivity index (χ3n) is 1.90. The quantitative estimate of drug-likeness (QED) is 0.482. The Kier molecular flexibility index (Phi) is 3.78. The van der Waals surface area contributed by atoms with Crippen molar-refractivity contribution in [1.82, 2.24) is 0 Å². The average Bonchev–Trinajstić information content (AvgIpc) is 2.18. The van der Waals surface area contributed by atoms with Crippen LogP contribution in [-0.2, 0) is 20.9 Å². The molecule has 0 aliphatic rings. The van der Waals surface area contributed by atoms with Gasteiger partial charge in [-0.05, 0) is 24.1 Å². The normalized spacial score (nSPS) is 12.8. The van der Waals surface area contributed by atoms with E-state index in [4.69, 9.17) is 0 Å². The summed E-state index contributed by atoms with van der Waals surface area (Å²) in [7, 11) is -5.64. The molecule has 0 N–H and O–H groups in total. The molecule has 0 saturated carbocycles. The maximum Gasteiger partial charge on any atom is 0.523 e. The molecule has 0 unspecified atom stereocenters. The zero-order valence-electron chi connectivity index (χ0n) is 8.58. The van der Waals surface area contributed by atoms with Gasteiger partial charge < -0.3 is 0 Å². The molecule has 0 heterocycles. The lowest BCUT2D eigenvalue weighted by Crippen LogP contribution is -2.25. The topological polar surface area (TPSA) is 43.4 Å². The standard InChI is InChI=1S/C9H8F4O3S/c1-6-2-3-7(4-8(6)10)5-16-17(14,15)9(11,12)13/h2-4H,5H2,1H3. The molecule has 17 heavy (non-hydrogen) atoms. The van der Waals surface area contributed by atoms with Gasteiger partial charge in [0.15, 0.2) is 0 Å². The van der Waals surface area contributed by atoms with Crippen molar-refractivity contribution in [1.29, 1.82) is 0 Å². The van der Waals surface area contributed by atoms with Crippen molar-refractivity contribution in [2.24, 2.45) is 0 Å². The Morgan fingerprint density at radius 3 is 2.35 bits per heavy atom. The first kappa shape index (κ1) is 13.9. The first-order valence-corrected chi connectivity index (χ1v) is 5.75. The van der Waals surface area contributed by atoms with Crippen LogP contribution in [0.3, 0.4) is 0 Å². The highest BCUT2D eigenvalue weighted by atomic mass is 32.2. The second kappa shape index (κ2) is 4.61. The molecule has 0 radical (unpaired) electrons. The highest BCUT2D eigenvalue weighted by molar-refractivity contribution is 7.87. The van der Waals surface area contributed by atoms with Crippen LogP contribution < -0.4 is 0 Å². The molecular formula is C9H8F4O3S. The minimum atomic E-state index is -5.64. The van der Waals surface area contributed by atoms with Crippen molar-refractivity contribution in [3.05, 3.63) is 35.1 Å². The van der Waals surface area contributed by atoms with Crippen LogP contribution in [0.1, 0.15) is 11.1 Å². The number of benzene rings is 1. The van der Waals surface area contributed by atoms with Gasteiger partial charge in [0.05, 0.1) is 6.61 Å². The van der Waals surface area contributed by atoms with E-state index in [1.165, 1.54) is 19.1 Å². The van der Waals surface area contributed by atoms with Crippen LogP contribution in [0.25, 0.3) is 0 Å². The molecule has 1 rings (SSSR count). The second-order valence-corrected chi connectivity index (χ2v) is 4.85. The smallest absolute Gasteiger partial charge is 0.258 e. The van der Waals surface area contributed by atoms with E-state index in [0.717, 1.165) is 6.07 Å². The van der Waals surface area contributed by atoms with Crippen LogP contribution in [-0.4, -0.2) is 13.9 Å². The molecule has 0 bridgehead atoms. The molecule has 3 nitrogen and oxygen atoms in total. The molecule has 0 aliphatic carbocycles. The van der Waals surface area contributed by atoms with E-state index in [1.807, 2.05) is 0 Å². The number of aryl methyl sites for hydroxylation is 1. The predicted molar refractivity (Wildman–Crippen MR) is 50.9 cm³/mol. The van der Waals surface area contributed by atoms with E-state index in [9.17, 15) is 26.0 Å². The zero-order valence-corrected chi connectivity index (χ0v) is 9.40. The van der Waals surface area contributed by atoms with Crippen molar-refractivity contribution in [2.75, 3.05) is 0 Å². The number of hydrogen-bond acceptors (Lipinski definition) is 3. The van der Waals surface area contributed by atoms with Crippen LogP contribution in [0.15, 0.2) is 18.2 Å². The van der Waals surface area contributed by atoms with Crippen molar-refractivity contribution < 1.29 is 30.2 Å². The Hall–Kier alpha value is -1.15. The van der Waals surface area contributed by atoms with Gasteiger partial charge in [-0.2, -0.15) is 21.6 Å². The molecule has 0 atom stereocenters. The molecular weight excluding hydrogens is 264 g/mol. The van der Waals surface area contributed by atoms with Crippen LogP contribution in [0.5, 0.6) is 0 Å². The third-order valence-corrected chi connectivity index (χ3v) is 2.90. The fourth-order valence-electron chi connectivity index (χ4n) is 0.939. The van der Waals surface area contributed by atoms with Gasteiger partial charge in [-0.25, -0.2) is 4.39 Å². The minimum Gasteiger partial charge on any atom is -0.258 e. The van der Waals surface area contributed by atoms with Gasteiger partial charge in [-0.15, -0.1) is 0 Å². The Bertz CT molecular complexity index is 507. The monoisotopic (exact) mass is 272 g/mol. The van der Waals surface area contributed by atoms with E-state index >= 15 is 0 Å². The second-order valence-electron chi connectivity index (χ2n) is 3.25. The van der Waals surface area contributed by atoms with E-state index in [-0.39, 0.29) is 5.56 Å². The first-order valence-electron chi connectivity index (χ1n) is 4.34. The summed E-state index contributed by atoms with van der Waals surface area (Å²) < 4.78 is 73.5. The molecule has 0 saturated heterocycles. The lowest BCUT2D eigenvalue weighted by atomic mass is 10.1. The SMILES string of the molecule is Cc1ccc(COS(=O)(=O)C(F)(F)F)cc1F. The fraction of sp³-hybridized carbons (Fsp3) is 0.333. The van der Waals surface area contributed by atoms with E-state index in [1.54, 1.807) is 0 Å². The third kappa shape index (κ3) is 3.40. The van der Waals surface area contributed by atoms with Crippen molar-refractivity contribution in [3.63, 3.8) is 0 Å². The highest BCUT2D eigenvalue weighted by Crippen LogP contribution is 2.25. The molecule has 1 aromatic rings. The van der Waals surface area contributed by atoms with E-state index in [0.29, 0.717) is 5.56 Å². The molecule has 96 valence electrons. The van der Waals surface area contributed by atoms with Gasteiger partial charge in [0.1, 0.15) is 5.82 Å². The Morgan fingerprint density at radius 2 is 1.88 bits per heavy atom. The van der Waals surface area contributed by atoms with Gasteiger partial charge in [-0.3, -0.25) is 4.18 Å². The molecule has 0 amide bonds. The lowest BCUT2D eigenvalue weighted by Gasteiger charge is -2.08. The summed E-state index contributed by atoms with van der Waals surface area (Å²) in [5, 5.41) is 0. The van der Waals surface area contributed by atoms with Gasteiger partial charge >= 0.3 is 15.6 Å². The maximum atomic E-state index is 13.0. The summed E-state index contributed by atoms with van der Waals surface area (Å²) in [5.41, 5.74) is -5.18. The highest BCUT2D eigenvalue weighted by Gasteiger charge is 2.47. The van der Waals surface area contributed by atoms with E-state index in [2.05, 4.69) is 4.18 Å². The predicted octanol–water partition coefficient (Wildman–Crippen LogP) is 2.50. The summed E-state index contributed by atoms with van der Waals surface area (Å²) in [4.78, 5) is 0. The summed E-state index contributed by atoms with van der Waals surface area (Å²) in [6, 6.07) is 3.51. The molecule has 0 spiro atoms. The first-order chi connectivity index (χ1) is 7.63. The van der Waals surface area contributed by atoms with Crippen molar-refractivity contribution >= 4 is 10.1 Å². The lowest BCUT2D eigenvalue weighted by molar-refractivity contribution is -0.0547. The fourth-order valence-corrected chi connectivity index (χ4v) is 1.36. The van der Waals surface area contributed by atoms with Crippen molar-refractivity contribution in [2.45, 2.75) is 19.0 Å². The summed E-state index contributed by atoms with van der Waals surface area (Å²) >= 11 is 0. The summed E-state index contributed by atoms with van der Waals surface area (Å²) in [5.74, 6) is -0.643. The molecule has 1 aromatic carbocycles. The summed E-state index contributed by atoms with van der Waals surface area (Å²) in [6.45, 7) is 0.603. The van der Waals surface area contributed by atoms with Gasteiger partial charge in [0, 0.05) is 0 Å². The van der Waals surface area contributed by atoms with Gasteiger partial charge in [-0.1, -0.05) is 12.1 Å². The van der Waals surface area contributed by atoms with Crippen LogP contribution in [0, 0.1) is 12.7 Å². The Labute approximate surface area is 95.1 Å². The Morgan fingerprint density at radius 1 is 1.29 bits per heavy atom. The zero-order chi connectivity index (χ0) is 13.3.